The maximum Gasteiger partial charge on any atom is 0.336 e. The van der Waals surface area contributed by atoms with E-state index in [9.17, 15) is 4.79 Å². The fourth-order valence-corrected chi connectivity index (χ4v) is 3.23. The first-order valence-electron chi connectivity index (χ1n) is 7.63. The molecule has 0 saturated heterocycles. The summed E-state index contributed by atoms with van der Waals surface area (Å²) in [4.78, 5) is 12.7. The number of allylic oxidation sites excluding steroid dienone is 1. The normalized spacial score (nSPS) is 16.6. The first-order chi connectivity index (χ1) is 12.4. The van der Waals surface area contributed by atoms with Crippen molar-refractivity contribution in [1.82, 2.24) is 5.32 Å². The smallest absolute Gasteiger partial charge is 0.336 e. The van der Waals surface area contributed by atoms with Crippen molar-refractivity contribution in [2.24, 2.45) is 0 Å². The second-order valence-electron chi connectivity index (χ2n) is 5.41. The Morgan fingerprint density at radius 1 is 1.15 bits per heavy atom. The van der Waals surface area contributed by atoms with Gasteiger partial charge in [0, 0.05) is 5.70 Å². The molecule has 26 heavy (non-hydrogen) atoms. The van der Waals surface area contributed by atoms with Crippen molar-refractivity contribution in [3.05, 3.63) is 34.5 Å². The zero-order chi connectivity index (χ0) is 19.4. The summed E-state index contributed by atoms with van der Waals surface area (Å²) in [7, 11) is 5.82. The molecule has 7 nitrogen and oxygen atoms in total. The highest BCUT2D eigenvalue weighted by Gasteiger charge is 2.36. The predicted molar refractivity (Wildman–Crippen MR) is 101 cm³/mol. The zero-order valence-corrected chi connectivity index (χ0v) is 16.0. The molecule has 0 bridgehead atoms. The van der Waals surface area contributed by atoms with E-state index in [1.165, 1.54) is 28.4 Å². The van der Waals surface area contributed by atoms with E-state index in [4.69, 9.17) is 36.6 Å². The van der Waals surface area contributed by atoms with Gasteiger partial charge >= 0.3 is 5.97 Å². The van der Waals surface area contributed by atoms with Crippen LogP contribution in [0.1, 0.15) is 18.4 Å². The molecule has 1 aliphatic heterocycles. The molecule has 1 aromatic rings. The summed E-state index contributed by atoms with van der Waals surface area (Å²) in [6.07, 6.45) is 0. The molecule has 1 atom stereocenters. The largest absolute Gasteiger partial charge is 0.493 e. The fourth-order valence-electron chi connectivity index (χ4n) is 2.91. The number of carbonyl (C=O) groups is 1. The van der Waals surface area contributed by atoms with Gasteiger partial charge in [-0.15, -0.1) is 0 Å². The van der Waals surface area contributed by atoms with Crippen LogP contribution in [0.2, 0.25) is 0 Å². The molecule has 0 aromatic heterocycles. The number of nitrogens with one attached hydrogen (secondary N) is 2. The number of methoxy groups -OCH3 is 4. The van der Waals surface area contributed by atoms with E-state index in [1.54, 1.807) is 19.1 Å². The summed E-state index contributed by atoms with van der Waals surface area (Å²) in [5.74, 6) is 2.45. The van der Waals surface area contributed by atoms with Crippen molar-refractivity contribution in [2.45, 2.75) is 12.8 Å². The lowest BCUT2D eigenvalue weighted by atomic mass is 9.81. The molecule has 0 fully saturated rings. The van der Waals surface area contributed by atoms with Gasteiger partial charge in [0.2, 0.25) is 5.75 Å². The maximum absolute atomic E-state index is 12.4. The molecule has 0 saturated carbocycles. The third-order valence-electron chi connectivity index (χ3n) is 4.09. The van der Waals surface area contributed by atoms with Crippen LogP contribution >= 0.6 is 12.2 Å². The summed E-state index contributed by atoms with van der Waals surface area (Å²) in [5.41, 5.74) is 1.88. The van der Waals surface area contributed by atoms with Crippen LogP contribution in [0, 0.1) is 5.41 Å². The van der Waals surface area contributed by atoms with E-state index in [0.717, 1.165) is 0 Å². The SMILES string of the molecule is COC(=O)C1=C(C)NC(=S)C(=C=N)C1c1cc(OC)c(OC)c(OC)c1. The van der Waals surface area contributed by atoms with Crippen molar-refractivity contribution < 1.29 is 23.7 Å². The van der Waals surface area contributed by atoms with Crippen LogP contribution < -0.4 is 19.5 Å². The molecule has 1 unspecified atom stereocenters. The van der Waals surface area contributed by atoms with Crippen molar-refractivity contribution in [1.29, 1.82) is 5.41 Å². The number of benzene rings is 1. The molecule has 0 amide bonds. The maximum atomic E-state index is 12.4. The van der Waals surface area contributed by atoms with Gasteiger partial charge < -0.3 is 24.3 Å². The molecule has 0 aliphatic carbocycles. The van der Waals surface area contributed by atoms with Crippen LogP contribution in [-0.2, 0) is 9.53 Å². The van der Waals surface area contributed by atoms with Gasteiger partial charge in [-0.25, -0.2) is 4.79 Å². The molecule has 0 radical (unpaired) electrons. The Bertz CT molecular complexity index is 815. The first kappa shape index (κ1) is 19.5. The lowest BCUT2D eigenvalue weighted by molar-refractivity contribution is -0.136. The zero-order valence-electron chi connectivity index (χ0n) is 15.2. The molecule has 138 valence electrons. The number of rotatable bonds is 5. The third-order valence-corrected chi connectivity index (χ3v) is 4.41. The molecule has 1 aromatic carbocycles. The summed E-state index contributed by atoms with van der Waals surface area (Å²) in [5, 5.41) is 10.6. The minimum Gasteiger partial charge on any atom is -0.493 e. The van der Waals surface area contributed by atoms with Crippen LogP contribution in [0.15, 0.2) is 29.0 Å². The minimum absolute atomic E-state index is 0.323. The molecule has 8 heteroatoms. The Morgan fingerprint density at radius 3 is 2.15 bits per heavy atom. The Kier molecular flexibility index (Phi) is 6.02. The van der Waals surface area contributed by atoms with Gasteiger partial charge in [-0.05, 0) is 30.5 Å². The Morgan fingerprint density at radius 2 is 1.73 bits per heavy atom. The molecule has 1 aliphatic rings. The van der Waals surface area contributed by atoms with E-state index < -0.39 is 11.9 Å². The highest BCUT2D eigenvalue weighted by Crippen LogP contribution is 2.44. The van der Waals surface area contributed by atoms with Crippen molar-refractivity contribution >= 4 is 29.0 Å². The van der Waals surface area contributed by atoms with Crippen LogP contribution in [0.5, 0.6) is 17.2 Å². The molecule has 0 spiro atoms. The molecular weight excluding hydrogens is 356 g/mol. The highest BCUT2D eigenvalue weighted by molar-refractivity contribution is 7.80. The molecule has 2 N–H and O–H groups in total. The van der Waals surface area contributed by atoms with Crippen molar-refractivity contribution in [3.63, 3.8) is 0 Å². The Labute approximate surface area is 157 Å². The van der Waals surface area contributed by atoms with Crippen molar-refractivity contribution in [2.75, 3.05) is 28.4 Å². The average Bonchev–Trinajstić information content (AvgIpc) is 2.65. The topological polar surface area (TPSA) is 89.9 Å². The summed E-state index contributed by atoms with van der Waals surface area (Å²) in [6.45, 7) is 1.73. The quantitative estimate of drug-likeness (QED) is 0.353. The average molecular weight is 376 g/mol. The summed E-state index contributed by atoms with van der Waals surface area (Å²) < 4.78 is 21.1. The highest BCUT2D eigenvalue weighted by atomic mass is 32.1. The second-order valence-corrected chi connectivity index (χ2v) is 5.82. The lowest BCUT2D eigenvalue weighted by Gasteiger charge is -2.29. The Hall–Kier alpha value is -2.83. The lowest BCUT2D eigenvalue weighted by Crippen LogP contribution is -2.35. The van der Waals surface area contributed by atoms with Gasteiger partial charge in [-0.3, -0.25) is 5.41 Å². The molecule has 1 heterocycles. The van der Waals surface area contributed by atoms with Gasteiger partial charge in [0.05, 0.1) is 45.5 Å². The number of hydrogen-bond donors (Lipinski definition) is 2. The predicted octanol–water partition coefficient (Wildman–Crippen LogP) is 2.35. The molecular formula is C18H20N2O5S. The summed E-state index contributed by atoms with van der Waals surface area (Å²) in [6, 6.07) is 3.43. The van der Waals surface area contributed by atoms with E-state index in [2.05, 4.69) is 11.2 Å². The van der Waals surface area contributed by atoms with Gasteiger partial charge in [-0.2, -0.15) is 0 Å². The van der Waals surface area contributed by atoms with Crippen LogP contribution in [-0.4, -0.2) is 45.3 Å². The number of thiocarbonyl (C=S) groups is 1. The minimum atomic E-state index is -0.651. The van der Waals surface area contributed by atoms with Gasteiger partial charge in [0.15, 0.2) is 11.5 Å². The van der Waals surface area contributed by atoms with Crippen LogP contribution in [0.4, 0.5) is 0 Å². The molecule has 2 rings (SSSR count). The van der Waals surface area contributed by atoms with Crippen molar-refractivity contribution in [3.8, 4) is 17.2 Å². The van der Waals surface area contributed by atoms with Crippen LogP contribution in [0.3, 0.4) is 0 Å². The van der Waals surface area contributed by atoms with E-state index in [0.29, 0.717) is 44.6 Å². The van der Waals surface area contributed by atoms with Crippen LogP contribution in [0.25, 0.3) is 0 Å². The monoisotopic (exact) mass is 376 g/mol. The fraction of sp³-hybridized carbons (Fsp3) is 0.333. The first-order valence-corrected chi connectivity index (χ1v) is 8.04. The standard InChI is InChI=1S/C18H20N2O5S/c1-9-14(18(21)25-5)15(11(8-19)17(26)20-9)10-6-12(22-2)16(24-4)13(7-10)23-3/h6-7,15,19H,1-5H3,(H,20,26). The number of ether oxygens (including phenoxy) is 4. The third kappa shape index (κ3) is 3.29. The van der Waals surface area contributed by atoms with Gasteiger partial charge in [-0.1, -0.05) is 12.2 Å². The number of hydrogen-bond acceptors (Lipinski definition) is 7. The number of carbonyl (C=O) groups excluding carboxylic acids is 1. The van der Waals surface area contributed by atoms with Gasteiger partial charge in [0.25, 0.3) is 0 Å². The van der Waals surface area contributed by atoms with Gasteiger partial charge in [0.1, 0.15) is 4.99 Å². The van der Waals surface area contributed by atoms with E-state index >= 15 is 0 Å². The Balaban J connectivity index is 2.80. The summed E-state index contributed by atoms with van der Waals surface area (Å²) >= 11 is 5.32. The number of esters is 1. The van der Waals surface area contributed by atoms with E-state index in [1.807, 2.05) is 0 Å². The second kappa shape index (κ2) is 8.03. The van der Waals surface area contributed by atoms with E-state index in [-0.39, 0.29) is 0 Å².